The van der Waals surface area contributed by atoms with Crippen molar-refractivity contribution < 1.29 is 10.2 Å². The average molecular weight is 331 g/mol. The molecule has 0 aliphatic carbocycles. The van der Waals surface area contributed by atoms with Gasteiger partial charge in [0.2, 0.25) is 0 Å². The topological polar surface area (TPSA) is 62.2 Å². The van der Waals surface area contributed by atoms with Crippen LogP contribution < -0.4 is 5.32 Å². The molecule has 0 radical (unpaired) electrons. The van der Waals surface area contributed by atoms with E-state index in [1.54, 1.807) is 0 Å². The molecule has 2 unspecified atom stereocenters. The Bertz CT molecular complexity index is 286. The molecule has 0 aromatic heterocycles. The van der Waals surface area contributed by atoms with Gasteiger partial charge in [-0.2, -0.15) is 0 Å². The standard InChI is InChI=1S/C17H38N4O2/c1-4-16(22)14-18-6-7-21(15-17(23)5-2)13-12-20-10-8-19(3)9-11-20/h16-18,22-23H,4-15H2,1-3H3. The van der Waals surface area contributed by atoms with Crippen LogP contribution in [-0.4, -0.2) is 110 Å². The van der Waals surface area contributed by atoms with E-state index in [1.807, 2.05) is 13.8 Å². The van der Waals surface area contributed by atoms with E-state index >= 15 is 0 Å². The summed E-state index contributed by atoms with van der Waals surface area (Å²) in [6, 6.07) is 0. The van der Waals surface area contributed by atoms with Gasteiger partial charge in [-0.15, -0.1) is 0 Å². The first kappa shape index (κ1) is 20.8. The van der Waals surface area contributed by atoms with E-state index in [-0.39, 0.29) is 12.2 Å². The second kappa shape index (κ2) is 12.2. The molecule has 6 heteroatoms. The number of aliphatic hydroxyl groups excluding tert-OH is 2. The lowest BCUT2D eigenvalue weighted by molar-refractivity contribution is 0.0907. The Morgan fingerprint density at radius 1 is 1.00 bits per heavy atom. The molecule has 1 rings (SSSR count). The molecule has 0 amide bonds. The van der Waals surface area contributed by atoms with Gasteiger partial charge in [-0.05, 0) is 19.9 Å². The minimum atomic E-state index is -0.255. The quantitative estimate of drug-likeness (QED) is 0.426. The van der Waals surface area contributed by atoms with Crippen molar-refractivity contribution >= 4 is 0 Å². The third-order valence-electron chi connectivity index (χ3n) is 4.72. The van der Waals surface area contributed by atoms with Crippen LogP contribution in [0.3, 0.4) is 0 Å². The van der Waals surface area contributed by atoms with Crippen molar-refractivity contribution in [3.8, 4) is 0 Å². The zero-order valence-corrected chi connectivity index (χ0v) is 15.4. The van der Waals surface area contributed by atoms with Gasteiger partial charge in [-0.3, -0.25) is 9.80 Å². The van der Waals surface area contributed by atoms with Crippen LogP contribution in [-0.2, 0) is 0 Å². The van der Waals surface area contributed by atoms with Gasteiger partial charge in [-0.25, -0.2) is 0 Å². The third-order valence-corrected chi connectivity index (χ3v) is 4.72. The van der Waals surface area contributed by atoms with Crippen molar-refractivity contribution in [3.05, 3.63) is 0 Å². The molecule has 0 bridgehead atoms. The molecule has 0 saturated carbocycles. The highest BCUT2D eigenvalue weighted by atomic mass is 16.3. The SMILES string of the molecule is CCC(O)CNCCN(CCN1CCN(C)CC1)CC(O)CC. The van der Waals surface area contributed by atoms with Crippen molar-refractivity contribution in [2.45, 2.75) is 38.9 Å². The Hall–Kier alpha value is -0.240. The number of nitrogens with zero attached hydrogens (tertiary/aromatic N) is 3. The Balaban J connectivity index is 2.27. The van der Waals surface area contributed by atoms with E-state index in [2.05, 4.69) is 27.1 Å². The fourth-order valence-corrected chi connectivity index (χ4v) is 2.73. The van der Waals surface area contributed by atoms with Crippen LogP contribution >= 0.6 is 0 Å². The second-order valence-electron chi connectivity index (χ2n) is 6.77. The molecule has 6 nitrogen and oxygen atoms in total. The van der Waals surface area contributed by atoms with Gasteiger partial charge in [0.25, 0.3) is 0 Å². The molecule has 0 spiro atoms. The summed E-state index contributed by atoms with van der Waals surface area (Å²) < 4.78 is 0. The monoisotopic (exact) mass is 330 g/mol. The maximum Gasteiger partial charge on any atom is 0.0664 e. The first-order chi connectivity index (χ1) is 11.0. The van der Waals surface area contributed by atoms with Crippen LogP contribution in [0.5, 0.6) is 0 Å². The predicted molar refractivity (Wildman–Crippen MR) is 95.8 cm³/mol. The molecular weight excluding hydrogens is 292 g/mol. The van der Waals surface area contributed by atoms with E-state index in [4.69, 9.17) is 0 Å². The fraction of sp³-hybridized carbons (Fsp3) is 1.00. The molecule has 2 atom stereocenters. The van der Waals surface area contributed by atoms with Crippen LogP contribution in [0.15, 0.2) is 0 Å². The molecule has 138 valence electrons. The molecule has 1 heterocycles. The maximum atomic E-state index is 9.96. The first-order valence-corrected chi connectivity index (χ1v) is 9.25. The summed E-state index contributed by atoms with van der Waals surface area (Å²) in [6.07, 6.45) is 1.08. The van der Waals surface area contributed by atoms with Gasteiger partial charge >= 0.3 is 0 Å². The zero-order valence-electron chi connectivity index (χ0n) is 15.4. The van der Waals surface area contributed by atoms with Crippen molar-refractivity contribution in [2.75, 3.05) is 72.5 Å². The molecule has 1 fully saturated rings. The van der Waals surface area contributed by atoms with Crippen LogP contribution in [0, 0.1) is 0 Å². The Labute approximate surface area is 142 Å². The molecule has 23 heavy (non-hydrogen) atoms. The van der Waals surface area contributed by atoms with E-state index in [9.17, 15) is 10.2 Å². The summed E-state index contributed by atoms with van der Waals surface area (Å²) in [6.45, 7) is 13.8. The fourth-order valence-electron chi connectivity index (χ4n) is 2.73. The Kier molecular flexibility index (Phi) is 11.0. The number of piperazine rings is 1. The summed E-state index contributed by atoms with van der Waals surface area (Å²) in [4.78, 5) is 7.23. The van der Waals surface area contributed by atoms with E-state index < -0.39 is 0 Å². The zero-order chi connectivity index (χ0) is 17.1. The van der Waals surface area contributed by atoms with E-state index in [1.165, 1.54) is 0 Å². The number of hydrogen-bond acceptors (Lipinski definition) is 6. The van der Waals surface area contributed by atoms with Crippen LogP contribution in [0.2, 0.25) is 0 Å². The van der Waals surface area contributed by atoms with Gasteiger partial charge in [0.15, 0.2) is 0 Å². The number of rotatable bonds is 12. The number of hydrogen-bond donors (Lipinski definition) is 3. The Morgan fingerprint density at radius 2 is 1.65 bits per heavy atom. The predicted octanol–water partition coefficient (Wildman–Crippen LogP) is -0.333. The lowest BCUT2D eigenvalue weighted by Gasteiger charge is -2.34. The van der Waals surface area contributed by atoms with Gasteiger partial charge in [-0.1, -0.05) is 13.8 Å². The smallest absolute Gasteiger partial charge is 0.0664 e. The maximum absolute atomic E-state index is 9.96. The lowest BCUT2D eigenvalue weighted by atomic mass is 10.2. The number of likely N-dealkylation sites (N-methyl/N-ethyl adjacent to an activating group) is 1. The van der Waals surface area contributed by atoms with Crippen molar-refractivity contribution in [2.24, 2.45) is 0 Å². The van der Waals surface area contributed by atoms with Gasteiger partial charge < -0.3 is 20.4 Å². The highest BCUT2D eigenvalue weighted by molar-refractivity contribution is 4.72. The molecule has 1 aliphatic rings. The summed E-state index contributed by atoms with van der Waals surface area (Å²) in [5.41, 5.74) is 0. The molecular formula is C17H38N4O2. The second-order valence-corrected chi connectivity index (χ2v) is 6.77. The van der Waals surface area contributed by atoms with Crippen LogP contribution in [0.25, 0.3) is 0 Å². The molecule has 1 saturated heterocycles. The lowest BCUT2D eigenvalue weighted by Crippen LogP contribution is -2.48. The summed E-state index contributed by atoms with van der Waals surface area (Å²) in [7, 11) is 2.18. The van der Waals surface area contributed by atoms with E-state index in [0.717, 1.165) is 71.7 Å². The van der Waals surface area contributed by atoms with Crippen LogP contribution in [0.4, 0.5) is 0 Å². The normalized spacial score (nSPS) is 20.1. The summed E-state index contributed by atoms with van der Waals surface area (Å²) >= 11 is 0. The summed E-state index contributed by atoms with van der Waals surface area (Å²) in [5, 5.41) is 22.8. The minimum Gasteiger partial charge on any atom is -0.392 e. The molecule has 0 aromatic carbocycles. The molecule has 0 aromatic rings. The first-order valence-electron chi connectivity index (χ1n) is 9.25. The highest BCUT2D eigenvalue weighted by Crippen LogP contribution is 2.01. The minimum absolute atomic E-state index is 0.247. The molecule has 3 N–H and O–H groups in total. The molecule has 1 aliphatic heterocycles. The van der Waals surface area contributed by atoms with Crippen LogP contribution in [0.1, 0.15) is 26.7 Å². The van der Waals surface area contributed by atoms with E-state index in [0.29, 0.717) is 6.54 Å². The van der Waals surface area contributed by atoms with Crippen molar-refractivity contribution in [1.29, 1.82) is 0 Å². The van der Waals surface area contributed by atoms with Gasteiger partial charge in [0, 0.05) is 65.4 Å². The van der Waals surface area contributed by atoms with Crippen molar-refractivity contribution in [1.82, 2.24) is 20.0 Å². The highest BCUT2D eigenvalue weighted by Gasteiger charge is 2.16. The number of nitrogens with one attached hydrogen (secondary N) is 1. The Morgan fingerprint density at radius 3 is 2.26 bits per heavy atom. The summed E-state index contributed by atoms with van der Waals surface area (Å²) in [5.74, 6) is 0. The number of aliphatic hydroxyl groups is 2. The largest absolute Gasteiger partial charge is 0.392 e. The van der Waals surface area contributed by atoms with Gasteiger partial charge in [0.05, 0.1) is 12.2 Å². The average Bonchev–Trinajstić information content (AvgIpc) is 2.57. The third kappa shape index (κ3) is 9.59. The van der Waals surface area contributed by atoms with Gasteiger partial charge in [0.1, 0.15) is 0 Å². The van der Waals surface area contributed by atoms with Crippen molar-refractivity contribution in [3.63, 3.8) is 0 Å².